The van der Waals surface area contributed by atoms with E-state index in [1.165, 1.54) is 0 Å². The Bertz CT molecular complexity index is 665. The van der Waals surface area contributed by atoms with Gasteiger partial charge in [-0.05, 0) is 53.7 Å². The average Bonchev–Trinajstić information content (AvgIpc) is 2.41. The normalized spacial score (nSPS) is 10.4. The highest BCUT2D eigenvalue weighted by molar-refractivity contribution is 9.10. The molecule has 0 amide bonds. The zero-order valence-electron chi connectivity index (χ0n) is 11.3. The fraction of sp³-hybridized carbons (Fsp3) is 0.250. The van der Waals surface area contributed by atoms with E-state index >= 15 is 0 Å². The topological polar surface area (TPSA) is 93.8 Å². The van der Waals surface area contributed by atoms with Crippen LogP contribution in [0.2, 0.25) is 0 Å². The summed E-state index contributed by atoms with van der Waals surface area (Å²) in [6.07, 6.45) is 1.63. The third-order valence-corrected chi connectivity index (χ3v) is 3.84. The standard InChI is InChI=1S/C12H12BrN5O2S/c1-3-14-12-16-7(2)10(18(19)20)11(17-12)21-9-5-4-8(13)6-15-9/h4-6H,3H2,1-2H3,(H,14,16,17). The number of anilines is 1. The molecule has 2 aromatic rings. The van der Waals surface area contributed by atoms with Gasteiger partial charge in [0, 0.05) is 17.2 Å². The van der Waals surface area contributed by atoms with Crippen molar-refractivity contribution in [3.05, 3.63) is 38.6 Å². The van der Waals surface area contributed by atoms with E-state index in [1.807, 2.05) is 13.0 Å². The minimum absolute atomic E-state index is 0.0913. The SMILES string of the molecule is CCNc1nc(C)c([N+](=O)[O-])c(Sc2ccc(Br)cn2)n1. The molecule has 0 spiro atoms. The fourth-order valence-corrected chi connectivity index (χ4v) is 2.71. The van der Waals surface area contributed by atoms with Crippen LogP contribution in [-0.4, -0.2) is 26.4 Å². The highest BCUT2D eigenvalue weighted by Gasteiger charge is 2.23. The second kappa shape index (κ2) is 6.81. The van der Waals surface area contributed by atoms with Crippen LogP contribution >= 0.6 is 27.7 Å². The minimum atomic E-state index is -0.466. The molecule has 1 N–H and O–H groups in total. The van der Waals surface area contributed by atoms with Gasteiger partial charge in [0.05, 0.1) is 4.92 Å². The first-order chi connectivity index (χ1) is 10.0. The molecule has 110 valence electrons. The maximum absolute atomic E-state index is 11.2. The maximum atomic E-state index is 11.2. The summed E-state index contributed by atoms with van der Waals surface area (Å²) in [6, 6.07) is 3.59. The molecule has 2 rings (SSSR count). The molecule has 0 bridgehead atoms. The van der Waals surface area contributed by atoms with Gasteiger partial charge in [0.1, 0.15) is 10.7 Å². The molecule has 0 aliphatic rings. The van der Waals surface area contributed by atoms with Gasteiger partial charge in [0.25, 0.3) is 0 Å². The van der Waals surface area contributed by atoms with Gasteiger partial charge in [-0.2, -0.15) is 4.98 Å². The Hall–Kier alpha value is -1.74. The predicted octanol–water partition coefficient (Wildman–Crippen LogP) is 3.43. The first-order valence-corrected chi connectivity index (χ1v) is 7.68. The molecule has 9 heteroatoms. The summed E-state index contributed by atoms with van der Waals surface area (Å²) in [4.78, 5) is 23.3. The molecule has 21 heavy (non-hydrogen) atoms. The Balaban J connectivity index is 2.43. The zero-order valence-corrected chi connectivity index (χ0v) is 13.7. The molecule has 0 aromatic carbocycles. The van der Waals surface area contributed by atoms with Gasteiger partial charge >= 0.3 is 5.69 Å². The van der Waals surface area contributed by atoms with Gasteiger partial charge in [0.15, 0.2) is 5.03 Å². The van der Waals surface area contributed by atoms with Gasteiger partial charge in [-0.3, -0.25) is 10.1 Å². The lowest BCUT2D eigenvalue weighted by molar-refractivity contribution is -0.389. The van der Waals surface area contributed by atoms with E-state index < -0.39 is 4.92 Å². The van der Waals surface area contributed by atoms with E-state index in [0.717, 1.165) is 16.2 Å². The number of hydrogen-bond acceptors (Lipinski definition) is 7. The molecule has 0 unspecified atom stereocenters. The predicted molar refractivity (Wildman–Crippen MR) is 83.6 cm³/mol. The van der Waals surface area contributed by atoms with Crippen molar-refractivity contribution in [2.24, 2.45) is 0 Å². The highest BCUT2D eigenvalue weighted by atomic mass is 79.9. The average molecular weight is 370 g/mol. The Morgan fingerprint density at radius 1 is 1.43 bits per heavy atom. The number of nitrogens with zero attached hydrogens (tertiary/aromatic N) is 4. The molecular weight excluding hydrogens is 358 g/mol. The molecule has 0 radical (unpaired) electrons. The van der Waals surface area contributed by atoms with Crippen LogP contribution in [0, 0.1) is 17.0 Å². The summed E-state index contributed by atoms with van der Waals surface area (Å²) in [5.41, 5.74) is 0.233. The number of nitro groups is 1. The largest absolute Gasteiger partial charge is 0.354 e. The lowest BCUT2D eigenvalue weighted by Crippen LogP contribution is -2.07. The lowest BCUT2D eigenvalue weighted by Gasteiger charge is -2.07. The van der Waals surface area contributed by atoms with Crippen molar-refractivity contribution < 1.29 is 4.92 Å². The van der Waals surface area contributed by atoms with Crippen LogP contribution in [-0.2, 0) is 0 Å². The Labute approximate surface area is 133 Å². The van der Waals surface area contributed by atoms with E-state index in [-0.39, 0.29) is 10.7 Å². The first-order valence-electron chi connectivity index (χ1n) is 6.07. The minimum Gasteiger partial charge on any atom is -0.354 e. The Kier molecular flexibility index (Phi) is 5.07. The van der Waals surface area contributed by atoms with Gasteiger partial charge in [-0.25, -0.2) is 9.97 Å². The zero-order chi connectivity index (χ0) is 15.4. The summed E-state index contributed by atoms with van der Waals surface area (Å²) in [7, 11) is 0. The Morgan fingerprint density at radius 2 is 2.19 bits per heavy atom. The summed E-state index contributed by atoms with van der Waals surface area (Å²) >= 11 is 4.44. The number of rotatable bonds is 5. The van der Waals surface area contributed by atoms with E-state index in [2.05, 4.69) is 36.2 Å². The number of hydrogen-bond donors (Lipinski definition) is 1. The summed E-state index contributed by atoms with van der Waals surface area (Å²) in [6.45, 7) is 4.14. The van der Waals surface area contributed by atoms with Crippen molar-refractivity contribution in [2.75, 3.05) is 11.9 Å². The van der Waals surface area contributed by atoms with Crippen molar-refractivity contribution in [3.8, 4) is 0 Å². The second-order valence-corrected chi connectivity index (χ2v) is 5.92. The van der Waals surface area contributed by atoms with Crippen molar-refractivity contribution in [1.29, 1.82) is 0 Å². The summed E-state index contributed by atoms with van der Waals surface area (Å²) in [5.74, 6) is 0.375. The van der Waals surface area contributed by atoms with Gasteiger partial charge < -0.3 is 5.32 Å². The fourth-order valence-electron chi connectivity index (χ4n) is 1.58. The van der Waals surface area contributed by atoms with Crippen LogP contribution < -0.4 is 5.32 Å². The molecule has 0 fully saturated rings. The number of pyridine rings is 1. The van der Waals surface area contributed by atoms with Crippen LogP contribution in [0.1, 0.15) is 12.6 Å². The van der Waals surface area contributed by atoms with Gasteiger partial charge in [-0.1, -0.05) is 0 Å². The van der Waals surface area contributed by atoms with E-state index in [1.54, 1.807) is 19.2 Å². The summed E-state index contributed by atoms with van der Waals surface area (Å²) < 4.78 is 0.841. The second-order valence-electron chi connectivity index (χ2n) is 3.99. The smallest absolute Gasteiger partial charge is 0.322 e. The van der Waals surface area contributed by atoms with E-state index in [4.69, 9.17) is 0 Å². The van der Waals surface area contributed by atoms with Crippen LogP contribution in [0.5, 0.6) is 0 Å². The maximum Gasteiger partial charge on any atom is 0.322 e. The van der Waals surface area contributed by atoms with Gasteiger partial charge in [0.2, 0.25) is 5.95 Å². The molecule has 0 aliphatic heterocycles. The molecule has 0 saturated carbocycles. The van der Waals surface area contributed by atoms with Crippen LogP contribution in [0.3, 0.4) is 0 Å². The van der Waals surface area contributed by atoms with Gasteiger partial charge in [-0.15, -0.1) is 0 Å². The number of halogens is 1. The molecule has 0 saturated heterocycles. The molecule has 2 heterocycles. The van der Waals surface area contributed by atoms with Crippen LogP contribution in [0.15, 0.2) is 32.9 Å². The molecule has 0 aliphatic carbocycles. The van der Waals surface area contributed by atoms with Crippen molar-refractivity contribution in [2.45, 2.75) is 23.9 Å². The molecule has 0 atom stereocenters. The number of aromatic nitrogens is 3. The molecule has 7 nitrogen and oxygen atoms in total. The Morgan fingerprint density at radius 3 is 2.76 bits per heavy atom. The molecule has 2 aromatic heterocycles. The third kappa shape index (κ3) is 3.88. The first kappa shape index (κ1) is 15.6. The monoisotopic (exact) mass is 369 g/mol. The summed E-state index contributed by atoms with van der Waals surface area (Å²) in [5, 5.41) is 15.1. The van der Waals surface area contributed by atoms with Crippen LogP contribution in [0.25, 0.3) is 0 Å². The molecular formula is C12H12BrN5O2S. The van der Waals surface area contributed by atoms with Crippen molar-refractivity contribution in [3.63, 3.8) is 0 Å². The number of aryl methyl sites for hydroxylation is 1. The van der Waals surface area contributed by atoms with Crippen LogP contribution in [0.4, 0.5) is 11.6 Å². The highest BCUT2D eigenvalue weighted by Crippen LogP contribution is 2.34. The van der Waals surface area contributed by atoms with E-state index in [0.29, 0.717) is 23.2 Å². The number of nitrogens with one attached hydrogen (secondary N) is 1. The van der Waals surface area contributed by atoms with Crippen molar-refractivity contribution >= 4 is 39.3 Å². The van der Waals surface area contributed by atoms with E-state index in [9.17, 15) is 10.1 Å². The quantitative estimate of drug-likeness (QED) is 0.489. The van der Waals surface area contributed by atoms with Crippen molar-refractivity contribution in [1.82, 2.24) is 15.0 Å². The lowest BCUT2D eigenvalue weighted by atomic mass is 10.4. The third-order valence-electron chi connectivity index (χ3n) is 2.45.